The summed E-state index contributed by atoms with van der Waals surface area (Å²) in [5, 5.41) is 17.5. The lowest BCUT2D eigenvalue weighted by molar-refractivity contribution is -0.139. The number of carbonyl (C=O) groups is 1. The summed E-state index contributed by atoms with van der Waals surface area (Å²) < 4.78 is 10.6. The molecule has 6 nitrogen and oxygen atoms in total. The zero-order chi connectivity index (χ0) is 18.8. The van der Waals surface area contributed by atoms with Crippen LogP contribution in [0.1, 0.15) is 19.8 Å². The van der Waals surface area contributed by atoms with Gasteiger partial charge in [0, 0.05) is 5.57 Å². The molecule has 0 atom stereocenters. The van der Waals surface area contributed by atoms with Crippen LogP contribution in [0, 0.1) is 0 Å². The summed E-state index contributed by atoms with van der Waals surface area (Å²) in [6.07, 6.45) is 1.52. The molecule has 26 heavy (non-hydrogen) atoms. The fourth-order valence-corrected chi connectivity index (χ4v) is 1.93. The molecule has 2 rings (SSSR count). The first-order chi connectivity index (χ1) is 12.5. The molecule has 1 N–H and O–H groups in total. The number of nitrogens with zero attached hydrogens (tertiary/aromatic N) is 2. The molecule has 0 unspecified atom stereocenters. The van der Waals surface area contributed by atoms with Crippen molar-refractivity contribution in [3.63, 3.8) is 0 Å². The van der Waals surface area contributed by atoms with Crippen LogP contribution in [0.5, 0.6) is 11.5 Å². The number of phenols is 1. The van der Waals surface area contributed by atoms with Crippen LogP contribution in [0.15, 0.2) is 70.9 Å². The van der Waals surface area contributed by atoms with E-state index in [-0.39, 0.29) is 11.7 Å². The van der Waals surface area contributed by atoms with Crippen LogP contribution >= 0.6 is 0 Å². The van der Waals surface area contributed by atoms with E-state index >= 15 is 0 Å². The van der Waals surface area contributed by atoms with Gasteiger partial charge in [-0.25, -0.2) is 4.79 Å². The lowest BCUT2D eigenvalue weighted by atomic mass is 10.3. The molecule has 0 saturated carbocycles. The van der Waals surface area contributed by atoms with E-state index in [4.69, 9.17) is 9.47 Å². The molecule has 0 aliphatic rings. The Kier molecular flexibility index (Phi) is 7.36. The Labute approximate surface area is 152 Å². The second-order valence-electron chi connectivity index (χ2n) is 5.68. The number of benzene rings is 2. The number of aromatic hydroxyl groups is 1. The molecule has 0 saturated heterocycles. The van der Waals surface area contributed by atoms with E-state index < -0.39 is 0 Å². The van der Waals surface area contributed by atoms with E-state index in [2.05, 4.69) is 16.8 Å². The molecule has 0 radical (unpaired) electrons. The Balaban J connectivity index is 1.69. The quantitative estimate of drug-likeness (QED) is 0.294. The van der Waals surface area contributed by atoms with Crippen molar-refractivity contribution in [3.8, 4) is 11.5 Å². The predicted octanol–water partition coefficient (Wildman–Crippen LogP) is 5.09. The molecule has 0 aliphatic carbocycles. The summed E-state index contributed by atoms with van der Waals surface area (Å²) in [6, 6.07) is 13.8. The molecule has 0 spiro atoms. The maximum Gasteiger partial charge on any atom is 0.333 e. The van der Waals surface area contributed by atoms with Crippen molar-refractivity contribution >= 4 is 17.3 Å². The lowest BCUT2D eigenvalue weighted by Gasteiger charge is -2.07. The van der Waals surface area contributed by atoms with Crippen molar-refractivity contribution in [1.82, 2.24) is 0 Å². The summed E-state index contributed by atoms with van der Waals surface area (Å²) in [4.78, 5) is 11.2. The maximum atomic E-state index is 11.2. The Hall–Kier alpha value is -3.15. The smallest absolute Gasteiger partial charge is 0.333 e. The van der Waals surface area contributed by atoms with Crippen molar-refractivity contribution in [1.29, 1.82) is 0 Å². The van der Waals surface area contributed by atoms with Crippen LogP contribution in [-0.2, 0) is 9.53 Å². The second-order valence-corrected chi connectivity index (χ2v) is 5.68. The Bertz CT molecular complexity index is 752. The van der Waals surface area contributed by atoms with Gasteiger partial charge in [-0.3, -0.25) is 0 Å². The molecule has 0 aliphatic heterocycles. The minimum Gasteiger partial charge on any atom is -0.508 e. The van der Waals surface area contributed by atoms with Gasteiger partial charge in [0.15, 0.2) is 0 Å². The van der Waals surface area contributed by atoms with Crippen molar-refractivity contribution in [2.45, 2.75) is 19.8 Å². The zero-order valence-corrected chi connectivity index (χ0v) is 14.7. The van der Waals surface area contributed by atoms with E-state index in [0.29, 0.717) is 30.2 Å². The van der Waals surface area contributed by atoms with Crippen molar-refractivity contribution < 1.29 is 19.4 Å². The van der Waals surface area contributed by atoms with Gasteiger partial charge in [-0.2, -0.15) is 10.2 Å². The number of rotatable bonds is 9. The molecule has 6 heteroatoms. The van der Waals surface area contributed by atoms with Crippen molar-refractivity contribution in [2.24, 2.45) is 10.2 Å². The van der Waals surface area contributed by atoms with Gasteiger partial charge in [0.25, 0.3) is 0 Å². The van der Waals surface area contributed by atoms with Crippen LogP contribution in [-0.4, -0.2) is 24.3 Å². The molecule has 0 heterocycles. The Morgan fingerprint density at radius 2 is 1.50 bits per heavy atom. The molecule has 0 bridgehead atoms. The minimum absolute atomic E-state index is 0.194. The van der Waals surface area contributed by atoms with Gasteiger partial charge in [0.1, 0.15) is 11.5 Å². The third-order valence-electron chi connectivity index (χ3n) is 3.36. The SMILES string of the molecule is C=C(C)C(=O)OCCCCOc1ccc(N=Nc2ccc(O)cc2)cc1. The first-order valence-corrected chi connectivity index (χ1v) is 8.31. The van der Waals surface area contributed by atoms with Crippen LogP contribution in [0.4, 0.5) is 11.4 Å². The van der Waals surface area contributed by atoms with Crippen LogP contribution in [0.3, 0.4) is 0 Å². The van der Waals surface area contributed by atoms with Gasteiger partial charge in [0.05, 0.1) is 24.6 Å². The van der Waals surface area contributed by atoms with Gasteiger partial charge in [-0.1, -0.05) is 6.58 Å². The number of phenolic OH excluding ortho intramolecular Hbond substituents is 1. The maximum absolute atomic E-state index is 11.2. The Morgan fingerprint density at radius 3 is 2.08 bits per heavy atom. The normalized spacial score (nSPS) is 10.7. The standard InChI is InChI=1S/C20H22N2O4/c1-15(2)20(24)26-14-4-3-13-25-19-11-7-17(8-12-19)22-21-16-5-9-18(23)10-6-16/h5-12,23H,1,3-4,13-14H2,2H3. The molecule has 0 fully saturated rings. The summed E-state index contributed by atoms with van der Waals surface area (Å²) in [6.45, 7) is 6.06. The third kappa shape index (κ3) is 6.76. The highest BCUT2D eigenvalue weighted by atomic mass is 16.5. The fourth-order valence-electron chi connectivity index (χ4n) is 1.93. The Morgan fingerprint density at radius 1 is 0.962 bits per heavy atom. The van der Waals surface area contributed by atoms with Gasteiger partial charge in [-0.15, -0.1) is 0 Å². The number of unbranched alkanes of at least 4 members (excludes halogenated alkanes) is 1. The van der Waals surface area contributed by atoms with E-state index in [0.717, 1.165) is 18.6 Å². The first-order valence-electron chi connectivity index (χ1n) is 8.31. The molecule has 0 aromatic heterocycles. The van der Waals surface area contributed by atoms with Crippen molar-refractivity contribution in [2.75, 3.05) is 13.2 Å². The van der Waals surface area contributed by atoms with E-state index in [1.54, 1.807) is 31.2 Å². The fraction of sp³-hybridized carbons (Fsp3) is 0.250. The lowest BCUT2D eigenvalue weighted by Crippen LogP contribution is -2.07. The number of esters is 1. The molecular formula is C20H22N2O4. The molecule has 2 aromatic carbocycles. The highest BCUT2D eigenvalue weighted by molar-refractivity contribution is 5.86. The summed E-state index contributed by atoms with van der Waals surface area (Å²) >= 11 is 0. The predicted molar refractivity (Wildman–Crippen MR) is 99.2 cm³/mol. The summed E-state index contributed by atoms with van der Waals surface area (Å²) in [5.74, 6) is 0.579. The van der Waals surface area contributed by atoms with Gasteiger partial charge >= 0.3 is 5.97 Å². The van der Waals surface area contributed by atoms with Gasteiger partial charge < -0.3 is 14.6 Å². The first kappa shape index (κ1) is 19.2. The molecular weight excluding hydrogens is 332 g/mol. The van der Waals surface area contributed by atoms with Crippen LogP contribution in [0.2, 0.25) is 0 Å². The molecule has 136 valence electrons. The number of hydrogen-bond acceptors (Lipinski definition) is 6. The van der Waals surface area contributed by atoms with E-state index in [9.17, 15) is 9.90 Å². The average Bonchev–Trinajstić information content (AvgIpc) is 2.64. The van der Waals surface area contributed by atoms with Crippen LogP contribution < -0.4 is 4.74 Å². The number of carbonyl (C=O) groups excluding carboxylic acids is 1. The monoisotopic (exact) mass is 354 g/mol. The van der Waals surface area contributed by atoms with E-state index in [1.165, 1.54) is 0 Å². The number of hydrogen-bond donors (Lipinski definition) is 1. The van der Waals surface area contributed by atoms with Gasteiger partial charge in [-0.05, 0) is 68.3 Å². The highest BCUT2D eigenvalue weighted by Crippen LogP contribution is 2.22. The molecule has 0 amide bonds. The number of azo groups is 1. The largest absolute Gasteiger partial charge is 0.508 e. The van der Waals surface area contributed by atoms with Crippen LogP contribution in [0.25, 0.3) is 0 Å². The summed E-state index contributed by atoms with van der Waals surface area (Å²) in [7, 11) is 0. The number of ether oxygens (including phenoxy) is 2. The summed E-state index contributed by atoms with van der Waals surface area (Å²) in [5.41, 5.74) is 1.77. The van der Waals surface area contributed by atoms with Crippen molar-refractivity contribution in [3.05, 3.63) is 60.7 Å². The topological polar surface area (TPSA) is 80.5 Å². The second kappa shape index (κ2) is 9.98. The zero-order valence-electron chi connectivity index (χ0n) is 14.7. The average molecular weight is 354 g/mol. The molecule has 2 aromatic rings. The van der Waals surface area contributed by atoms with E-state index in [1.807, 2.05) is 24.3 Å². The minimum atomic E-state index is -0.358. The third-order valence-corrected chi connectivity index (χ3v) is 3.36. The highest BCUT2D eigenvalue weighted by Gasteiger charge is 2.02. The van der Waals surface area contributed by atoms with Gasteiger partial charge in [0.2, 0.25) is 0 Å².